The van der Waals surface area contributed by atoms with E-state index in [1.165, 1.54) is 12.1 Å². The Balaban J connectivity index is 1.36. The molecule has 7 nitrogen and oxygen atoms in total. The molecule has 3 heterocycles. The van der Waals surface area contributed by atoms with Gasteiger partial charge in [-0.2, -0.15) is 4.39 Å². The zero-order valence-electron chi connectivity index (χ0n) is 18.3. The van der Waals surface area contributed by atoms with Crippen LogP contribution in [-0.4, -0.2) is 35.5 Å². The van der Waals surface area contributed by atoms with E-state index in [-0.39, 0.29) is 28.8 Å². The number of benzene rings is 1. The SMILES string of the molecule is CS(=O)(=O)c1cc(C(=O)NCc2cc3nc(-c4cccc(F)n4)ccc3cn2)ccc1C1CC1. The molecule has 5 rings (SSSR count). The van der Waals surface area contributed by atoms with Gasteiger partial charge in [0.15, 0.2) is 9.84 Å². The molecule has 0 spiro atoms. The summed E-state index contributed by atoms with van der Waals surface area (Å²) in [5, 5.41) is 3.59. The largest absolute Gasteiger partial charge is 0.346 e. The summed E-state index contributed by atoms with van der Waals surface area (Å²) < 4.78 is 38.0. The summed E-state index contributed by atoms with van der Waals surface area (Å²) in [6.07, 6.45) is 4.74. The maximum atomic E-state index is 13.5. The Morgan fingerprint density at radius 1 is 1.06 bits per heavy atom. The molecule has 172 valence electrons. The highest BCUT2D eigenvalue weighted by molar-refractivity contribution is 7.90. The average Bonchev–Trinajstić information content (AvgIpc) is 3.66. The topological polar surface area (TPSA) is 102 Å². The number of nitrogens with zero attached hydrogens (tertiary/aromatic N) is 3. The van der Waals surface area contributed by atoms with E-state index in [1.54, 1.807) is 42.6 Å². The van der Waals surface area contributed by atoms with Crippen LogP contribution in [0.2, 0.25) is 0 Å². The van der Waals surface area contributed by atoms with Crippen LogP contribution in [0.15, 0.2) is 65.7 Å². The molecular weight excluding hydrogens is 455 g/mol. The summed E-state index contributed by atoms with van der Waals surface area (Å²) in [6, 6.07) is 14.7. The minimum absolute atomic E-state index is 0.136. The number of fused-ring (bicyclic) bond motifs is 1. The number of hydrogen-bond acceptors (Lipinski definition) is 6. The van der Waals surface area contributed by atoms with Crippen molar-refractivity contribution in [3.8, 4) is 11.4 Å². The zero-order chi connectivity index (χ0) is 23.9. The molecule has 1 N–H and O–H groups in total. The quantitative estimate of drug-likeness (QED) is 0.422. The van der Waals surface area contributed by atoms with Gasteiger partial charge in [-0.3, -0.25) is 9.78 Å². The van der Waals surface area contributed by atoms with E-state index in [9.17, 15) is 17.6 Å². The molecule has 0 unspecified atom stereocenters. The molecule has 0 saturated heterocycles. The summed E-state index contributed by atoms with van der Waals surface area (Å²) in [4.78, 5) is 25.7. The molecule has 1 aliphatic rings. The fraction of sp³-hybridized carbons (Fsp3) is 0.200. The number of rotatable bonds is 6. The van der Waals surface area contributed by atoms with E-state index < -0.39 is 15.8 Å². The first-order valence-corrected chi connectivity index (χ1v) is 12.7. The van der Waals surface area contributed by atoms with Crippen molar-refractivity contribution in [3.05, 3.63) is 83.6 Å². The number of aromatic nitrogens is 3. The van der Waals surface area contributed by atoms with E-state index >= 15 is 0 Å². The number of amides is 1. The van der Waals surface area contributed by atoms with Crippen LogP contribution in [0.25, 0.3) is 22.3 Å². The number of halogens is 1. The van der Waals surface area contributed by atoms with Crippen molar-refractivity contribution in [2.45, 2.75) is 30.2 Å². The minimum Gasteiger partial charge on any atom is -0.346 e. The number of nitrogens with one attached hydrogen (secondary N) is 1. The summed E-state index contributed by atoms with van der Waals surface area (Å²) in [5.41, 5.74) is 3.22. The molecule has 1 amide bonds. The monoisotopic (exact) mass is 476 g/mol. The van der Waals surface area contributed by atoms with Crippen LogP contribution < -0.4 is 5.32 Å². The molecule has 0 bridgehead atoms. The van der Waals surface area contributed by atoms with Gasteiger partial charge in [0.1, 0.15) is 0 Å². The number of carbonyl (C=O) groups is 1. The van der Waals surface area contributed by atoms with Gasteiger partial charge in [-0.15, -0.1) is 0 Å². The van der Waals surface area contributed by atoms with Gasteiger partial charge in [0.2, 0.25) is 5.95 Å². The van der Waals surface area contributed by atoms with Gasteiger partial charge in [0, 0.05) is 23.4 Å². The molecule has 0 atom stereocenters. The number of hydrogen-bond donors (Lipinski definition) is 1. The second-order valence-corrected chi connectivity index (χ2v) is 10.4. The molecule has 4 aromatic rings. The van der Waals surface area contributed by atoms with Gasteiger partial charge in [0.25, 0.3) is 5.91 Å². The maximum absolute atomic E-state index is 13.5. The number of sulfone groups is 1. The predicted octanol–water partition coefficient (Wildman–Crippen LogP) is 4.04. The highest BCUT2D eigenvalue weighted by Crippen LogP contribution is 2.43. The molecule has 0 aliphatic heterocycles. The minimum atomic E-state index is -3.44. The lowest BCUT2D eigenvalue weighted by atomic mass is 10.1. The Kier molecular flexibility index (Phi) is 5.57. The number of pyridine rings is 3. The molecule has 34 heavy (non-hydrogen) atoms. The maximum Gasteiger partial charge on any atom is 0.251 e. The van der Waals surface area contributed by atoms with Crippen LogP contribution in [0, 0.1) is 5.95 Å². The van der Waals surface area contributed by atoms with Crippen molar-refractivity contribution >= 4 is 26.6 Å². The molecule has 1 aliphatic carbocycles. The molecule has 0 radical (unpaired) electrons. The summed E-state index contributed by atoms with van der Waals surface area (Å²) in [7, 11) is -3.44. The Labute approximate surface area is 196 Å². The average molecular weight is 477 g/mol. The Morgan fingerprint density at radius 2 is 1.85 bits per heavy atom. The van der Waals surface area contributed by atoms with Crippen LogP contribution in [0.4, 0.5) is 4.39 Å². The van der Waals surface area contributed by atoms with E-state index in [0.717, 1.165) is 30.0 Å². The van der Waals surface area contributed by atoms with Crippen molar-refractivity contribution in [2.75, 3.05) is 6.26 Å². The lowest BCUT2D eigenvalue weighted by Crippen LogP contribution is -2.23. The highest BCUT2D eigenvalue weighted by Gasteiger charge is 2.29. The van der Waals surface area contributed by atoms with Crippen molar-refractivity contribution in [3.63, 3.8) is 0 Å². The molecule has 9 heteroatoms. The predicted molar refractivity (Wildman–Crippen MR) is 125 cm³/mol. The fourth-order valence-electron chi connectivity index (χ4n) is 3.85. The Morgan fingerprint density at radius 3 is 2.59 bits per heavy atom. The first-order chi connectivity index (χ1) is 16.3. The molecular formula is C25H21FN4O3S. The van der Waals surface area contributed by atoms with Crippen molar-refractivity contribution < 1.29 is 17.6 Å². The Bertz CT molecular complexity index is 1530. The lowest BCUT2D eigenvalue weighted by molar-refractivity contribution is 0.0950. The first-order valence-electron chi connectivity index (χ1n) is 10.8. The highest BCUT2D eigenvalue weighted by atomic mass is 32.2. The smallest absolute Gasteiger partial charge is 0.251 e. The normalized spacial score (nSPS) is 13.7. The van der Waals surface area contributed by atoms with Crippen LogP contribution in [0.3, 0.4) is 0 Å². The second-order valence-electron chi connectivity index (χ2n) is 8.39. The first kappa shape index (κ1) is 22.1. The van der Waals surface area contributed by atoms with Crippen molar-refractivity contribution in [1.29, 1.82) is 0 Å². The standard InChI is InChI=1S/C25H21FN4O3S/c1-34(32,33)23-11-16(7-9-19(23)15-5-6-15)25(31)28-14-18-12-22-17(13-27-18)8-10-21(29-22)20-3-2-4-24(26)30-20/h2-4,7-13,15H,5-6,14H2,1H3,(H,28,31). The molecule has 1 aromatic carbocycles. The van der Waals surface area contributed by atoms with Crippen molar-refractivity contribution in [2.24, 2.45) is 0 Å². The van der Waals surface area contributed by atoms with Gasteiger partial charge in [-0.25, -0.2) is 18.4 Å². The zero-order valence-corrected chi connectivity index (χ0v) is 19.1. The van der Waals surface area contributed by atoms with Crippen LogP contribution >= 0.6 is 0 Å². The van der Waals surface area contributed by atoms with Crippen LogP contribution in [0.1, 0.15) is 40.4 Å². The van der Waals surface area contributed by atoms with E-state index in [1.807, 2.05) is 6.07 Å². The molecule has 1 fully saturated rings. The van der Waals surface area contributed by atoms with E-state index in [0.29, 0.717) is 22.6 Å². The van der Waals surface area contributed by atoms with Gasteiger partial charge in [0.05, 0.1) is 34.0 Å². The molecule has 1 saturated carbocycles. The van der Waals surface area contributed by atoms with Crippen LogP contribution in [-0.2, 0) is 16.4 Å². The third-order valence-corrected chi connectivity index (χ3v) is 6.88. The van der Waals surface area contributed by atoms with Gasteiger partial charge in [-0.05, 0) is 66.8 Å². The summed E-state index contributed by atoms with van der Waals surface area (Å²) in [6.45, 7) is 0.136. The fourth-order valence-corrected chi connectivity index (χ4v) is 4.85. The molecule has 3 aromatic heterocycles. The van der Waals surface area contributed by atoms with Crippen LogP contribution in [0.5, 0.6) is 0 Å². The van der Waals surface area contributed by atoms with E-state index in [2.05, 4.69) is 20.3 Å². The lowest BCUT2D eigenvalue weighted by Gasteiger charge is -2.11. The van der Waals surface area contributed by atoms with Crippen molar-refractivity contribution in [1.82, 2.24) is 20.3 Å². The second kappa shape index (κ2) is 8.57. The van der Waals surface area contributed by atoms with Gasteiger partial charge >= 0.3 is 0 Å². The summed E-state index contributed by atoms with van der Waals surface area (Å²) >= 11 is 0. The summed E-state index contributed by atoms with van der Waals surface area (Å²) in [5.74, 6) is -0.717. The van der Waals surface area contributed by atoms with Gasteiger partial charge < -0.3 is 5.32 Å². The van der Waals surface area contributed by atoms with E-state index in [4.69, 9.17) is 0 Å². The number of carbonyl (C=O) groups excluding carboxylic acids is 1. The third kappa shape index (κ3) is 4.65. The third-order valence-electron chi connectivity index (χ3n) is 5.73. The Hall–Kier alpha value is -3.72. The van der Waals surface area contributed by atoms with Gasteiger partial charge in [-0.1, -0.05) is 12.1 Å².